The van der Waals surface area contributed by atoms with Gasteiger partial charge >= 0.3 is 12.0 Å². The molecule has 0 spiro atoms. The highest BCUT2D eigenvalue weighted by atomic mass is 32.2. The minimum absolute atomic E-state index is 0.0454. The molecule has 0 bridgehead atoms. The van der Waals surface area contributed by atoms with E-state index in [9.17, 15) is 9.59 Å². The van der Waals surface area contributed by atoms with Crippen LogP contribution in [0.3, 0.4) is 0 Å². The second kappa shape index (κ2) is 9.70. The van der Waals surface area contributed by atoms with Crippen molar-refractivity contribution in [3.63, 3.8) is 0 Å². The van der Waals surface area contributed by atoms with Crippen molar-refractivity contribution < 1.29 is 14.3 Å². The molecule has 138 valence electrons. The van der Waals surface area contributed by atoms with Gasteiger partial charge in [-0.05, 0) is 50.1 Å². The van der Waals surface area contributed by atoms with Crippen LogP contribution >= 0.6 is 11.8 Å². The van der Waals surface area contributed by atoms with Gasteiger partial charge in [0.15, 0.2) is 0 Å². The van der Waals surface area contributed by atoms with Crippen LogP contribution in [0, 0.1) is 5.92 Å². The number of nitrogens with zero attached hydrogens (tertiary/aromatic N) is 1. The Bertz CT molecular complexity index is 569. The van der Waals surface area contributed by atoms with Crippen molar-refractivity contribution >= 4 is 23.8 Å². The first kappa shape index (κ1) is 19.6. The number of rotatable bonds is 6. The highest BCUT2D eigenvalue weighted by molar-refractivity contribution is 7.99. The summed E-state index contributed by atoms with van der Waals surface area (Å²) in [7, 11) is 0. The van der Waals surface area contributed by atoms with Crippen molar-refractivity contribution in [2.24, 2.45) is 5.92 Å². The summed E-state index contributed by atoms with van der Waals surface area (Å²) in [6.45, 7) is 7.53. The number of piperidine rings is 1. The number of likely N-dealkylation sites (tertiary alicyclic amines) is 1. The van der Waals surface area contributed by atoms with Gasteiger partial charge in [-0.1, -0.05) is 19.1 Å². The average Bonchev–Trinajstić information content (AvgIpc) is 2.63. The van der Waals surface area contributed by atoms with E-state index in [4.69, 9.17) is 4.74 Å². The van der Waals surface area contributed by atoms with Crippen molar-refractivity contribution in [2.75, 3.05) is 25.4 Å². The van der Waals surface area contributed by atoms with Gasteiger partial charge in [0.2, 0.25) is 0 Å². The zero-order chi connectivity index (χ0) is 18.2. The van der Waals surface area contributed by atoms with Crippen LogP contribution in [-0.2, 0) is 9.53 Å². The van der Waals surface area contributed by atoms with Gasteiger partial charge in [0.05, 0.1) is 18.6 Å². The fourth-order valence-corrected chi connectivity index (χ4v) is 3.62. The van der Waals surface area contributed by atoms with Crippen LogP contribution in [0.25, 0.3) is 0 Å². The van der Waals surface area contributed by atoms with Gasteiger partial charge in [0.25, 0.3) is 0 Å². The molecule has 1 fully saturated rings. The maximum atomic E-state index is 12.4. The molecule has 2 amide bonds. The number of ether oxygens (including phenoxy) is 1. The summed E-state index contributed by atoms with van der Waals surface area (Å²) in [5.74, 6) is 0.832. The number of carbonyl (C=O) groups is 2. The number of urea groups is 1. The van der Waals surface area contributed by atoms with E-state index in [1.807, 2.05) is 13.8 Å². The van der Waals surface area contributed by atoms with Crippen LogP contribution < -0.4 is 5.32 Å². The molecule has 1 aromatic carbocycles. The predicted molar refractivity (Wildman–Crippen MR) is 101 cm³/mol. The van der Waals surface area contributed by atoms with Crippen molar-refractivity contribution in [2.45, 2.75) is 44.6 Å². The van der Waals surface area contributed by atoms with Gasteiger partial charge in [-0.2, -0.15) is 0 Å². The van der Waals surface area contributed by atoms with Gasteiger partial charge < -0.3 is 15.0 Å². The normalized spacial score (nSPS) is 16.4. The Hall–Kier alpha value is -1.69. The maximum absolute atomic E-state index is 12.4. The Labute approximate surface area is 154 Å². The number of amides is 2. The number of hydrogen-bond donors (Lipinski definition) is 1. The van der Waals surface area contributed by atoms with E-state index < -0.39 is 0 Å². The second-order valence-corrected chi connectivity index (χ2v) is 7.52. The molecule has 0 aliphatic carbocycles. The number of benzene rings is 1. The Kier molecular flexibility index (Phi) is 7.62. The lowest BCUT2D eigenvalue weighted by Crippen LogP contribution is -2.46. The molecule has 25 heavy (non-hydrogen) atoms. The van der Waals surface area contributed by atoms with Gasteiger partial charge in [-0.15, -0.1) is 11.8 Å². The largest absolute Gasteiger partial charge is 0.466 e. The van der Waals surface area contributed by atoms with Crippen molar-refractivity contribution in [1.82, 2.24) is 10.2 Å². The zero-order valence-corrected chi connectivity index (χ0v) is 16.1. The quantitative estimate of drug-likeness (QED) is 0.615. The van der Waals surface area contributed by atoms with E-state index in [0.717, 1.165) is 11.3 Å². The smallest absolute Gasteiger partial charge is 0.317 e. The first-order chi connectivity index (χ1) is 12.0. The molecule has 1 N–H and O–H groups in total. The summed E-state index contributed by atoms with van der Waals surface area (Å²) < 4.78 is 5.07. The van der Waals surface area contributed by atoms with Crippen LogP contribution in [0.4, 0.5) is 4.79 Å². The molecule has 0 saturated carbocycles. The summed E-state index contributed by atoms with van der Waals surface area (Å²) in [6.07, 6.45) is 1.34. The van der Waals surface area contributed by atoms with E-state index in [1.54, 1.807) is 16.7 Å². The van der Waals surface area contributed by atoms with E-state index in [2.05, 4.69) is 36.5 Å². The Balaban J connectivity index is 1.82. The van der Waals surface area contributed by atoms with Crippen LogP contribution in [0.2, 0.25) is 0 Å². The summed E-state index contributed by atoms with van der Waals surface area (Å²) in [4.78, 5) is 27.2. The Morgan fingerprint density at radius 1 is 1.24 bits per heavy atom. The number of esters is 1. The zero-order valence-electron chi connectivity index (χ0n) is 15.3. The SMILES string of the molecule is CCOC(=O)C1CCN(C(=O)NC(C)c2ccc(SCC)cc2)CC1. The minimum atomic E-state index is -0.138. The van der Waals surface area contributed by atoms with E-state index >= 15 is 0 Å². The molecule has 0 aromatic heterocycles. The molecule has 1 heterocycles. The highest BCUT2D eigenvalue weighted by Crippen LogP contribution is 2.22. The monoisotopic (exact) mass is 364 g/mol. The van der Waals surface area contributed by atoms with Crippen LogP contribution in [0.1, 0.15) is 45.2 Å². The molecule has 1 saturated heterocycles. The van der Waals surface area contributed by atoms with Gasteiger partial charge in [-0.3, -0.25) is 4.79 Å². The lowest BCUT2D eigenvalue weighted by molar-refractivity contribution is -0.149. The molecule has 6 heteroatoms. The third-order valence-corrected chi connectivity index (χ3v) is 5.33. The van der Waals surface area contributed by atoms with E-state index in [1.165, 1.54) is 4.90 Å². The summed E-state index contributed by atoms with van der Waals surface area (Å²) in [5, 5.41) is 3.05. The molecular formula is C19H28N2O3S. The number of nitrogens with one attached hydrogen (secondary N) is 1. The molecule has 5 nitrogen and oxygen atoms in total. The lowest BCUT2D eigenvalue weighted by Gasteiger charge is -2.32. The van der Waals surface area contributed by atoms with E-state index in [0.29, 0.717) is 32.5 Å². The molecule has 1 aromatic rings. The number of hydrogen-bond acceptors (Lipinski definition) is 4. The topological polar surface area (TPSA) is 58.6 Å². The van der Waals surface area contributed by atoms with Crippen molar-refractivity contribution in [1.29, 1.82) is 0 Å². The standard InChI is InChI=1S/C19H28N2O3S/c1-4-24-18(22)16-10-12-21(13-11-16)19(23)20-14(3)15-6-8-17(9-7-15)25-5-2/h6-9,14,16H,4-5,10-13H2,1-3H3,(H,20,23). The first-order valence-corrected chi connectivity index (χ1v) is 9.98. The Morgan fingerprint density at radius 2 is 1.88 bits per heavy atom. The lowest BCUT2D eigenvalue weighted by atomic mass is 9.97. The summed E-state index contributed by atoms with van der Waals surface area (Å²) in [5.41, 5.74) is 1.09. The first-order valence-electron chi connectivity index (χ1n) is 9.00. The van der Waals surface area contributed by atoms with Crippen molar-refractivity contribution in [3.05, 3.63) is 29.8 Å². The second-order valence-electron chi connectivity index (χ2n) is 6.19. The minimum Gasteiger partial charge on any atom is -0.466 e. The molecule has 0 radical (unpaired) electrons. The fourth-order valence-electron chi connectivity index (χ4n) is 2.96. The average molecular weight is 365 g/mol. The summed E-state index contributed by atoms with van der Waals surface area (Å²) >= 11 is 1.80. The van der Waals surface area contributed by atoms with Crippen LogP contribution in [0.5, 0.6) is 0 Å². The van der Waals surface area contributed by atoms with E-state index in [-0.39, 0.29) is 24.0 Å². The van der Waals surface area contributed by atoms with Gasteiger partial charge in [0, 0.05) is 18.0 Å². The van der Waals surface area contributed by atoms with Gasteiger partial charge in [-0.25, -0.2) is 4.79 Å². The van der Waals surface area contributed by atoms with Crippen LogP contribution in [-0.4, -0.2) is 42.3 Å². The molecular weight excluding hydrogens is 336 g/mol. The third kappa shape index (κ3) is 5.66. The summed E-state index contributed by atoms with van der Waals surface area (Å²) in [6, 6.07) is 8.21. The van der Waals surface area contributed by atoms with Crippen LogP contribution in [0.15, 0.2) is 29.2 Å². The number of carbonyl (C=O) groups excluding carboxylic acids is 2. The number of thioether (sulfide) groups is 1. The predicted octanol–water partition coefficient (Wildman–Crippen LogP) is 3.84. The molecule has 2 rings (SSSR count). The van der Waals surface area contributed by atoms with Gasteiger partial charge in [0.1, 0.15) is 0 Å². The molecule has 1 aliphatic heterocycles. The van der Waals surface area contributed by atoms with Crippen molar-refractivity contribution in [3.8, 4) is 0 Å². The highest BCUT2D eigenvalue weighted by Gasteiger charge is 2.28. The molecule has 1 atom stereocenters. The maximum Gasteiger partial charge on any atom is 0.317 e. The molecule has 1 unspecified atom stereocenters. The molecule has 1 aliphatic rings. The third-order valence-electron chi connectivity index (χ3n) is 4.43. The fraction of sp³-hybridized carbons (Fsp3) is 0.579. The Morgan fingerprint density at radius 3 is 2.44 bits per heavy atom.